The number of nitrogens with one attached hydrogen (secondary N) is 1. The third-order valence-electron chi connectivity index (χ3n) is 2.15. The number of nitrogens with zero attached hydrogens (tertiary/aromatic N) is 1. The Morgan fingerprint density at radius 1 is 1.36 bits per heavy atom. The van der Waals surface area contributed by atoms with E-state index in [-0.39, 0.29) is 5.82 Å². The predicted octanol–water partition coefficient (Wildman–Crippen LogP) is 2.09. The van der Waals surface area contributed by atoms with E-state index in [1.165, 1.54) is 12.1 Å². The van der Waals surface area contributed by atoms with Gasteiger partial charge in [0, 0.05) is 18.1 Å². The van der Waals surface area contributed by atoms with E-state index in [1.54, 1.807) is 12.3 Å². The van der Waals surface area contributed by atoms with Gasteiger partial charge in [0.15, 0.2) is 0 Å². The van der Waals surface area contributed by atoms with Gasteiger partial charge in [-0.25, -0.2) is 4.39 Å². The molecule has 0 bridgehead atoms. The van der Waals surface area contributed by atoms with Gasteiger partial charge in [-0.15, -0.1) is 0 Å². The van der Waals surface area contributed by atoms with Gasteiger partial charge in [-0.05, 0) is 36.7 Å². The van der Waals surface area contributed by atoms with Crippen molar-refractivity contribution in [3.63, 3.8) is 0 Å². The SMILES string of the molecule is CNCc1nccc2cc(F)ccc12. The second kappa shape index (κ2) is 3.72. The minimum atomic E-state index is -0.209. The molecule has 0 aliphatic rings. The lowest BCUT2D eigenvalue weighted by molar-refractivity contribution is 0.629. The molecule has 72 valence electrons. The number of pyridine rings is 1. The third kappa shape index (κ3) is 1.59. The average molecular weight is 190 g/mol. The molecule has 0 aliphatic carbocycles. The topological polar surface area (TPSA) is 24.9 Å². The molecule has 0 radical (unpaired) electrons. The summed E-state index contributed by atoms with van der Waals surface area (Å²) in [5.74, 6) is -0.209. The number of rotatable bonds is 2. The molecule has 0 amide bonds. The summed E-state index contributed by atoms with van der Waals surface area (Å²) in [7, 11) is 1.87. The Bertz CT molecular complexity index is 454. The summed E-state index contributed by atoms with van der Waals surface area (Å²) in [6, 6.07) is 6.57. The Hall–Kier alpha value is -1.48. The highest BCUT2D eigenvalue weighted by Crippen LogP contribution is 2.17. The molecule has 0 aliphatic heterocycles. The van der Waals surface area contributed by atoms with Crippen molar-refractivity contribution in [1.82, 2.24) is 10.3 Å². The molecule has 2 nitrogen and oxygen atoms in total. The Kier molecular flexibility index (Phi) is 2.41. The van der Waals surface area contributed by atoms with Gasteiger partial charge in [0.1, 0.15) is 5.82 Å². The number of hydrogen-bond acceptors (Lipinski definition) is 2. The molecule has 3 heteroatoms. The van der Waals surface area contributed by atoms with Gasteiger partial charge in [0.25, 0.3) is 0 Å². The largest absolute Gasteiger partial charge is 0.314 e. The fourth-order valence-electron chi connectivity index (χ4n) is 1.52. The third-order valence-corrected chi connectivity index (χ3v) is 2.15. The van der Waals surface area contributed by atoms with Crippen molar-refractivity contribution in [2.75, 3.05) is 7.05 Å². The monoisotopic (exact) mass is 190 g/mol. The van der Waals surface area contributed by atoms with E-state index in [1.807, 2.05) is 13.1 Å². The van der Waals surface area contributed by atoms with Crippen molar-refractivity contribution in [3.8, 4) is 0 Å². The number of benzene rings is 1. The van der Waals surface area contributed by atoms with E-state index in [0.717, 1.165) is 16.5 Å². The van der Waals surface area contributed by atoms with Crippen LogP contribution in [0.1, 0.15) is 5.69 Å². The zero-order valence-corrected chi connectivity index (χ0v) is 7.92. The number of fused-ring (bicyclic) bond motifs is 1. The maximum absolute atomic E-state index is 12.9. The quantitative estimate of drug-likeness (QED) is 0.784. The van der Waals surface area contributed by atoms with Gasteiger partial charge in [0.2, 0.25) is 0 Å². The molecule has 0 saturated heterocycles. The van der Waals surface area contributed by atoms with Gasteiger partial charge in [0.05, 0.1) is 5.69 Å². The minimum absolute atomic E-state index is 0.209. The van der Waals surface area contributed by atoms with Crippen LogP contribution in [0, 0.1) is 5.82 Å². The van der Waals surface area contributed by atoms with Crippen molar-refractivity contribution in [1.29, 1.82) is 0 Å². The first kappa shape index (κ1) is 9.09. The highest BCUT2D eigenvalue weighted by Gasteiger charge is 2.01. The smallest absolute Gasteiger partial charge is 0.123 e. The van der Waals surface area contributed by atoms with Gasteiger partial charge >= 0.3 is 0 Å². The summed E-state index contributed by atoms with van der Waals surface area (Å²) < 4.78 is 12.9. The van der Waals surface area contributed by atoms with E-state index >= 15 is 0 Å². The van der Waals surface area contributed by atoms with Crippen LogP contribution < -0.4 is 5.32 Å². The Morgan fingerprint density at radius 2 is 2.21 bits per heavy atom. The standard InChI is InChI=1S/C11H11FN2/c1-13-7-11-10-3-2-9(12)6-8(10)4-5-14-11/h2-6,13H,7H2,1H3. The van der Waals surface area contributed by atoms with E-state index in [0.29, 0.717) is 6.54 Å². The molecule has 14 heavy (non-hydrogen) atoms. The van der Waals surface area contributed by atoms with Crippen LogP contribution in [0.2, 0.25) is 0 Å². The molecule has 0 atom stereocenters. The van der Waals surface area contributed by atoms with Crippen LogP contribution in [0.4, 0.5) is 4.39 Å². The van der Waals surface area contributed by atoms with E-state index < -0.39 is 0 Å². The number of hydrogen-bond donors (Lipinski definition) is 1. The molecule has 0 saturated carbocycles. The summed E-state index contributed by atoms with van der Waals surface area (Å²) in [6.45, 7) is 0.697. The minimum Gasteiger partial charge on any atom is -0.314 e. The van der Waals surface area contributed by atoms with Crippen molar-refractivity contribution in [2.45, 2.75) is 6.54 Å². The van der Waals surface area contributed by atoms with Crippen LogP contribution in [0.15, 0.2) is 30.5 Å². The van der Waals surface area contributed by atoms with Crippen LogP contribution in [0.5, 0.6) is 0 Å². The fourth-order valence-corrected chi connectivity index (χ4v) is 1.52. The molecule has 1 aromatic carbocycles. The molecule has 0 spiro atoms. The van der Waals surface area contributed by atoms with Gasteiger partial charge in [-0.1, -0.05) is 0 Å². The maximum atomic E-state index is 12.9. The van der Waals surface area contributed by atoms with Gasteiger partial charge < -0.3 is 5.32 Å². The zero-order chi connectivity index (χ0) is 9.97. The average Bonchev–Trinajstić information content (AvgIpc) is 2.18. The zero-order valence-electron chi connectivity index (χ0n) is 7.92. The highest BCUT2D eigenvalue weighted by atomic mass is 19.1. The van der Waals surface area contributed by atoms with Gasteiger partial charge in [-0.2, -0.15) is 0 Å². The first-order chi connectivity index (χ1) is 6.81. The van der Waals surface area contributed by atoms with Crippen molar-refractivity contribution >= 4 is 10.8 Å². The summed E-state index contributed by atoms with van der Waals surface area (Å²) >= 11 is 0. The molecule has 1 heterocycles. The molecule has 0 unspecified atom stereocenters. The lowest BCUT2D eigenvalue weighted by Crippen LogP contribution is -2.07. The van der Waals surface area contributed by atoms with Crippen LogP contribution in [0.3, 0.4) is 0 Å². The molecular weight excluding hydrogens is 179 g/mol. The fraction of sp³-hybridized carbons (Fsp3) is 0.182. The summed E-state index contributed by atoms with van der Waals surface area (Å²) in [5.41, 5.74) is 0.949. The van der Waals surface area contributed by atoms with Crippen molar-refractivity contribution < 1.29 is 4.39 Å². The van der Waals surface area contributed by atoms with Gasteiger partial charge in [-0.3, -0.25) is 4.98 Å². The van der Waals surface area contributed by atoms with Crippen LogP contribution in [-0.4, -0.2) is 12.0 Å². The Balaban J connectivity index is 2.62. The van der Waals surface area contributed by atoms with Crippen LogP contribution in [-0.2, 0) is 6.54 Å². The van der Waals surface area contributed by atoms with E-state index in [2.05, 4.69) is 10.3 Å². The summed E-state index contributed by atoms with van der Waals surface area (Å²) in [5, 5.41) is 4.93. The molecule has 1 aromatic heterocycles. The van der Waals surface area contributed by atoms with E-state index in [4.69, 9.17) is 0 Å². The molecule has 2 aromatic rings. The second-order valence-corrected chi connectivity index (χ2v) is 3.15. The normalized spacial score (nSPS) is 10.7. The maximum Gasteiger partial charge on any atom is 0.123 e. The van der Waals surface area contributed by atoms with Crippen molar-refractivity contribution in [3.05, 3.63) is 42.0 Å². The highest BCUT2D eigenvalue weighted by molar-refractivity contribution is 5.84. The Labute approximate surface area is 81.8 Å². The lowest BCUT2D eigenvalue weighted by atomic mass is 10.1. The first-order valence-corrected chi connectivity index (χ1v) is 4.49. The molecule has 1 N–H and O–H groups in total. The molecule has 0 fully saturated rings. The summed E-state index contributed by atoms with van der Waals surface area (Å²) in [4.78, 5) is 4.24. The van der Waals surface area contributed by atoms with Crippen LogP contribution in [0.25, 0.3) is 10.8 Å². The lowest BCUT2D eigenvalue weighted by Gasteiger charge is -2.04. The second-order valence-electron chi connectivity index (χ2n) is 3.15. The number of halogens is 1. The Morgan fingerprint density at radius 3 is 3.00 bits per heavy atom. The first-order valence-electron chi connectivity index (χ1n) is 4.49. The van der Waals surface area contributed by atoms with Crippen LogP contribution >= 0.6 is 0 Å². The number of aromatic nitrogens is 1. The predicted molar refractivity (Wildman–Crippen MR) is 54.5 cm³/mol. The van der Waals surface area contributed by atoms with E-state index in [9.17, 15) is 4.39 Å². The molecular formula is C11H11FN2. The summed E-state index contributed by atoms with van der Waals surface area (Å²) in [6.07, 6.45) is 1.70. The molecule has 2 rings (SSSR count). The van der Waals surface area contributed by atoms with Crippen molar-refractivity contribution in [2.24, 2.45) is 0 Å².